The molecule has 3 rings (SSSR count). The van der Waals surface area contributed by atoms with Gasteiger partial charge in [-0.05, 0) is 60.8 Å². The molecule has 1 N–H and O–H groups in total. The van der Waals surface area contributed by atoms with Gasteiger partial charge < -0.3 is 10.2 Å². The molecule has 3 heteroatoms. The summed E-state index contributed by atoms with van der Waals surface area (Å²) >= 11 is 0. The predicted molar refractivity (Wildman–Crippen MR) is 100 cm³/mol. The molecule has 2 aliphatic rings. The fraction of sp³-hybridized carbons (Fsp3) is 0.667. The van der Waals surface area contributed by atoms with Crippen LogP contribution in [0.3, 0.4) is 0 Å². The van der Waals surface area contributed by atoms with Crippen molar-refractivity contribution in [3.8, 4) is 0 Å². The van der Waals surface area contributed by atoms with Crippen LogP contribution in [0, 0.1) is 11.8 Å². The number of hydrogen-bond acceptors (Lipinski definition) is 2. The van der Waals surface area contributed by atoms with Crippen molar-refractivity contribution >= 4 is 11.6 Å². The molecule has 1 aromatic carbocycles. The van der Waals surface area contributed by atoms with Crippen LogP contribution in [0.5, 0.6) is 0 Å². The first-order valence-electron chi connectivity index (χ1n) is 9.65. The summed E-state index contributed by atoms with van der Waals surface area (Å²) < 4.78 is 0. The zero-order chi connectivity index (χ0) is 17.1. The lowest BCUT2D eigenvalue weighted by atomic mass is 9.87. The van der Waals surface area contributed by atoms with Crippen molar-refractivity contribution in [3.05, 3.63) is 29.3 Å². The number of benzene rings is 1. The van der Waals surface area contributed by atoms with Crippen molar-refractivity contribution in [1.29, 1.82) is 0 Å². The largest absolute Gasteiger partial charge is 0.388 e. The molecule has 1 fully saturated rings. The maximum absolute atomic E-state index is 12.6. The normalized spacial score (nSPS) is 23.8. The van der Waals surface area contributed by atoms with Crippen LogP contribution in [0.2, 0.25) is 0 Å². The van der Waals surface area contributed by atoms with E-state index in [0.29, 0.717) is 17.7 Å². The number of fused-ring (bicyclic) bond motifs is 1. The summed E-state index contributed by atoms with van der Waals surface area (Å²) in [5.74, 6) is 1.93. The lowest BCUT2D eigenvalue weighted by Crippen LogP contribution is -2.35. The van der Waals surface area contributed by atoms with E-state index in [1.54, 1.807) is 0 Å². The molecule has 2 aliphatic carbocycles. The van der Waals surface area contributed by atoms with E-state index in [9.17, 15) is 4.79 Å². The summed E-state index contributed by atoms with van der Waals surface area (Å²) in [6.07, 6.45) is 8.20. The Bertz CT molecular complexity index is 577. The second-order valence-corrected chi connectivity index (χ2v) is 7.83. The lowest BCUT2D eigenvalue weighted by molar-refractivity contribution is -0.135. The van der Waals surface area contributed by atoms with Crippen molar-refractivity contribution in [1.82, 2.24) is 4.90 Å². The third-order valence-electron chi connectivity index (χ3n) is 6.17. The molecule has 0 spiro atoms. The van der Waals surface area contributed by atoms with Crippen LogP contribution in [-0.2, 0) is 11.2 Å². The smallest absolute Gasteiger partial charge is 0.225 e. The second-order valence-electron chi connectivity index (χ2n) is 7.83. The Morgan fingerprint density at radius 3 is 2.71 bits per heavy atom. The van der Waals surface area contributed by atoms with E-state index in [1.807, 2.05) is 19.0 Å². The summed E-state index contributed by atoms with van der Waals surface area (Å²) in [6.45, 7) is 3.24. The van der Waals surface area contributed by atoms with E-state index in [0.717, 1.165) is 32.2 Å². The van der Waals surface area contributed by atoms with E-state index >= 15 is 0 Å². The van der Waals surface area contributed by atoms with Crippen LogP contribution < -0.4 is 5.32 Å². The number of anilines is 1. The molecule has 1 saturated carbocycles. The first-order valence-corrected chi connectivity index (χ1v) is 9.65. The minimum absolute atomic E-state index is 0.287. The Morgan fingerprint density at radius 1 is 1.25 bits per heavy atom. The Labute approximate surface area is 146 Å². The third-order valence-corrected chi connectivity index (χ3v) is 6.17. The molecule has 0 unspecified atom stereocenters. The Kier molecular flexibility index (Phi) is 5.47. The van der Waals surface area contributed by atoms with E-state index in [-0.39, 0.29) is 5.92 Å². The molecular formula is C21H32N2O. The average molecular weight is 329 g/mol. The minimum atomic E-state index is 0.287. The number of amides is 1. The third kappa shape index (κ3) is 3.60. The molecule has 0 aromatic heterocycles. The highest BCUT2D eigenvalue weighted by Crippen LogP contribution is 2.41. The van der Waals surface area contributed by atoms with Crippen LogP contribution in [0.25, 0.3) is 0 Å². The first kappa shape index (κ1) is 17.3. The van der Waals surface area contributed by atoms with Crippen LogP contribution >= 0.6 is 0 Å². The van der Waals surface area contributed by atoms with Gasteiger partial charge in [0, 0.05) is 32.2 Å². The standard InChI is InChI=1S/C21H32N2O/c1-15-13-17-14-18(22-2)9-10-20(17)19(15)11-12-23(3)21(24)16-7-5-4-6-8-16/h9-10,14-16,19,22H,4-8,11-13H2,1-3H3/t15-,19-/m1/s1. The van der Waals surface area contributed by atoms with Crippen molar-refractivity contribution < 1.29 is 4.79 Å². The number of carbonyl (C=O) groups excluding carboxylic acids is 1. The number of nitrogens with zero attached hydrogens (tertiary/aromatic N) is 1. The number of rotatable bonds is 5. The molecule has 1 amide bonds. The Morgan fingerprint density at radius 2 is 2.00 bits per heavy atom. The van der Waals surface area contributed by atoms with Gasteiger partial charge in [0.15, 0.2) is 0 Å². The lowest BCUT2D eigenvalue weighted by Gasteiger charge is -2.28. The van der Waals surface area contributed by atoms with Gasteiger partial charge in [-0.3, -0.25) is 4.79 Å². The number of carbonyl (C=O) groups is 1. The molecular weight excluding hydrogens is 296 g/mol. The predicted octanol–water partition coefficient (Wildman–Crippen LogP) is 4.43. The van der Waals surface area contributed by atoms with E-state index in [1.165, 1.54) is 36.1 Å². The van der Waals surface area contributed by atoms with Crippen LogP contribution in [0.4, 0.5) is 5.69 Å². The number of hydrogen-bond donors (Lipinski definition) is 1. The highest BCUT2D eigenvalue weighted by molar-refractivity contribution is 5.78. The van der Waals surface area contributed by atoms with Gasteiger partial charge >= 0.3 is 0 Å². The van der Waals surface area contributed by atoms with Crippen molar-refractivity contribution in [2.45, 2.75) is 57.8 Å². The summed E-state index contributed by atoms with van der Waals surface area (Å²) in [5, 5.41) is 3.23. The fourth-order valence-electron chi connectivity index (χ4n) is 4.64. The molecule has 0 aliphatic heterocycles. The monoisotopic (exact) mass is 328 g/mol. The Balaban J connectivity index is 1.59. The molecule has 3 nitrogen and oxygen atoms in total. The van der Waals surface area contributed by atoms with Gasteiger partial charge in [0.05, 0.1) is 0 Å². The van der Waals surface area contributed by atoms with E-state index in [4.69, 9.17) is 0 Å². The quantitative estimate of drug-likeness (QED) is 0.867. The summed E-state index contributed by atoms with van der Waals surface area (Å²) in [6, 6.07) is 6.77. The van der Waals surface area contributed by atoms with Crippen LogP contribution in [0.1, 0.15) is 62.5 Å². The molecule has 2 atom stereocenters. The minimum Gasteiger partial charge on any atom is -0.388 e. The molecule has 132 valence electrons. The van der Waals surface area contributed by atoms with Gasteiger partial charge in [-0.15, -0.1) is 0 Å². The number of nitrogens with one attached hydrogen (secondary N) is 1. The van der Waals surface area contributed by atoms with Gasteiger partial charge in [-0.25, -0.2) is 0 Å². The maximum Gasteiger partial charge on any atom is 0.225 e. The first-order chi connectivity index (χ1) is 11.6. The van der Waals surface area contributed by atoms with Crippen molar-refractivity contribution in [2.24, 2.45) is 11.8 Å². The molecule has 0 radical (unpaired) electrons. The zero-order valence-corrected chi connectivity index (χ0v) is 15.5. The highest BCUT2D eigenvalue weighted by Gasteiger charge is 2.30. The SMILES string of the molecule is CNc1ccc2c(c1)C[C@@H](C)[C@H]2CCN(C)C(=O)C1CCCCC1. The summed E-state index contributed by atoms with van der Waals surface area (Å²) in [7, 11) is 3.98. The van der Waals surface area contributed by atoms with Gasteiger partial charge in [0.25, 0.3) is 0 Å². The van der Waals surface area contributed by atoms with Crippen LogP contribution in [0.15, 0.2) is 18.2 Å². The van der Waals surface area contributed by atoms with Gasteiger partial charge in [-0.2, -0.15) is 0 Å². The van der Waals surface area contributed by atoms with Crippen molar-refractivity contribution in [3.63, 3.8) is 0 Å². The second kappa shape index (κ2) is 7.58. The van der Waals surface area contributed by atoms with Gasteiger partial charge in [0.2, 0.25) is 5.91 Å². The summed E-state index contributed by atoms with van der Waals surface area (Å²) in [5.41, 5.74) is 4.19. The molecule has 0 saturated heterocycles. The van der Waals surface area contributed by atoms with Crippen LogP contribution in [-0.4, -0.2) is 31.4 Å². The topological polar surface area (TPSA) is 32.3 Å². The van der Waals surface area contributed by atoms with Gasteiger partial charge in [0.1, 0.15) is 0 Å². The van der Waals surface area contributed by atoms with E-state index in [2.05, 4.69) is 30.4 Å². The fourth-order valence-corrected chi connectivity index (χ4v) is 4.64. The maximum atomic E-state index is 12.6. The molecule has 1 aromatic rings. The molecule has 0 heterocycles. The Hall–Kier alpha value is -1.51. The molecule has 24 heavy (non-hydrogen) atoms. The van der Waals surface area contributed by atoms with E-state index < -0.39 is 0 Å². The van der Waals surface area contributed by atoms with Crippen molar-refractivity contribution in [2.75, 3.05) is 26.0 Å². The average Bonchev–Trinajstić information content (AvgIpc) is 2.93. The zero-order valence-electron chi connectivity index (χ0n) is 15.5. The van der Waals surface area contributed by atoms with Gasteiger partial charge in [-0.1, -0.05) is 32.3 Å². The molecule has 0 bridgehead atoms. The highest BCUT2D eigenvalue weighted by atomic mass is 16.2. The summed E-state index contributed by atoms with van der Waals surface area (Å²) in [4.78, 5) is 14.6.